The molecule has 1 unspecified atom stereocenters. The lowest BCUT2D eigenvalue weighted by molar-refractivity contribution is -0.137. The molecule has 0 heterocycles. The van der Waals surface area contributed by atoms with Crippen LogP contribution in [-0.2, 0) is 4.79 Å². The lowest BCUT2D eigenvalue weighted by Crippen LogP contribution is -2.39. The number of methoxy groups -OCH3 is 1. The molecule has 116 valence electrons. The number of carbonyl (C=O) groups excluding carboxylic acids is 1. The minimum Gasteiger partial charge on any atom is -0.497 e. The standard InChI is InChI=1S/C16H23NO4/c1-11(2)8-9-17-14(10-15(18)19)16(20)12-4-6-13(21-3)7-5-12/h4-7,11,14,17H,8-10H2,1-3H3,(H,18,19). The fourth-order valence-corrected chi connectivity index (χ4v) is 1.93. The molecule has 5 heteroatoms. The normalized spacial score (nSPS) is 12.2. The van der Waals surface area contributed by atoms with Crippen LogP contribution < -0.4 is 10.1 Å². The van der Waals surface area contributed by atoms with E-state index >= 15 is 0 Å². The summed E-state index contributed by atoms with van der Waals surface area (Å²) in [7, 11) is 1.55. The van der Waals surface area contributed by atoms with Crippen LogP contribution in [0.25, 0.3) is 0 Å². The molecule has 1 atom stereocenters. The van der Waals surface area contributed by atoms with Crippen LogP contribution in [0, 0.1) is 5.92 Å². The van der Waals surface area contributed by atoms with Crippen molar-refractivity contribution in [2.24, 2.45) is 5.92 Å². The van der Waals surface area contributed by atoms with Crippen molar-refractivity contribution < 1.29 is 19.4 Å². The summed E-state index contributed by atoms with van der Waals surface area (Å²) in [6.45, 7) is 4.79. The Balaban J connectivity index is 2.75. The second kappa shape index (κ2) is 8.42. The molecule has 0 radical (unpaired) electrons. The van der Waals surface area contributed by atoms with Gasteiger partial charge in [0.1, 0.15) is 5.75 Å². The number of rotatable bonds is 9. The molecule has 1 aromatic rings. The maximum Gasteiger partial charge on any atom is 0.305 e. The van der Waals surface area contributed by atoms with Crippen LogP contribution in [0.1, 0.15) is 37.0 Å². The van der Waals surface area contributed by atoms with Crippen molar-refractivity contribution in [1.82, 2.24) is 5.32 Å². The molecule has 5 nitrogen and oxygen atoms in total. The molecule has 0 spiro atoms. The molecular weight excluding hydrogens is 270 g/mol. The molecule has 21 heavy (non-hydrogen) atoms. The van der Waals surface area contributed by atoms with Crippen molar-refractivity contribution in [3.8, 4) is 5.75 Å². The number of hydrogen-bond acceptors (Lipinski definition) is 4. The summed E-state index contributed by atoms with van der Waals surface area (Å²) in [5.41, 5.74) is 0.485. The van der Waals surface area contributed by atoms with Crippen LogP contribution in [-0.4, -0.2) is 36.6 Å². The van der Waals surface area contributed by atoms with Crippen molar-refractivity contribution >= 4 is 11.8 Å². The fraction of sp³-hybridized carbons (Fsp3) is 0.500. The number of carboxylic acids is 1. The third-order valence-corrected chi connectivity index (χ3v) is 3.18. The number of hydrogen-bond donors (Lipinski definition) is 2. The van der Waals surface area contributed by atoms with Gasteiger partial charge in [-0.2, -0.15) is 0 Å². The molecule has 0 aromatic heterocycles. The van der Waals surface area contributed by atoms with Gasteiger partial charge in [-0.15, -0.1) is 0 Å². The lowest BCUT2D eigenvalue weighted by Gasteiger charge is -2.17. The smallest absolute Gasteiger partial charge is 0.305 e. The maximum atomic E-state index is 12.4. The summed E-state index contributed by atoms with van der Waals surface area (Å²) in [6.07, 6.45) is 0.676. The Morgan fingerprint density at radius 3 is 2.33 bits per heavy atom. The molecule has 1 rings (SSSR count). The van der Waals surface area contributed by atoms with Gasteiger partial charge in [0.15, 0.2) is 5.78 Å². The predicted molar refractivity (Wildman–Crippen MR) is 80.8 cm³/mol. The first-order chi connectivity index (χ1) is 9.93. The highest BCUT2D eigenvalue weighted by atomic mass is 16.5. The van der Waals surface area contributed by atoms with Gasteiger partial charge in [0, 0.05) is 5.56 Å². The van der Waals surface area contributed by atoms with Gasteiger partial charge in [-0.1, -0.05) is 13.8 Å². The molecule has 1 aromatic carbocycles. The van der Waals surface area contributed by atoms with Gasteiger partial charge in [0.2, 0.25) is 0 Å². The number of benzene rings is 1. The SMILES string of the molecule is COc1ccc(C(=O)C(CC(=O)O)NCCC(C)C)cc1. The number of ether oxygens (including phenoxy) is 1. The van der Waals surface area contributed by atoms with Gasteiger partial charge in [-0.05, 0) is 43.1 Å². The molecule has 0 aliphatic carbocycles. The van der Waals surface area contributed by atoms with Crippen LogP contribution in [0.4, 0.5) is 0 Å². The second-order valence-electron chi connectivity index (χ2n) is 5.38. The minimum absolute atomic E-state index is 0.205. The average molecular weight is 293 g/mol. The van der Waals surface area contributed by atoms with Crippen molar-refractivity contribution in [3.05, 3.63) is 29.8 Å². The van der Waals surface area contributed by atoms with Crippen LogP contribution in [0.15, 0.2) is 24.3 Å². The zero-order chi connectivity index (χ0) is 15.8. The monoisotopic (exact) mass is 293 g/mol. The third kappa shape index (κ3) is 5.95. The number of carboxylic acid groups (broad SMARTS) is 1. The van der Waals surface area contributed by atoms with E-state index in [2.05, 4.69) is 19.2 Å². The number of aliphatic carboxylic acids is 1. The Labute approximate surface area is 125 Å². The molecule has 0 aliphatic rings. The zero-order valence-corrected chi connectivity index (χ0v) is 12.8. The van der Waals surface area contributed by atoms with Gasteiger partial charge in [0.25, 0.3) is 0 Å². The molecule has 0 saturated carbocycles. The Morgan fingerprint density at radius 2 is 1.86 bits per heavy atom. The molecule has 0 saturated heterocycles. The zero-order valence-electron chi connectivity index (χ0n) is 12.8. The summed E-state index contributed by atoms with van der Waals surface area (Å²) >= 11 is 0. The van der Waals surface area contributed by atoms with E-state index in [9.17, 15) is 9.59 Å². The second-order valence-corrected chi connectivity index (χ2v) is 5.38. The minimum atomic E-state index is -0.987. The highest BCUT2D eigenvalue weighted by Crippen LogP contribution is 2.14. The highest BCUT2D eigenvalue weighted by molar-refractivity contribution is 6.01. The largest absolute Gasteiger partial charge is 0.497 e. The van der Waals surface area contributed by atoms with Gasteiger partial charge in [-0.3, -0.25) is 9.59 Å². The number of nitrogens with one attached hydrogen (secondary N) is 1. The summed E-state index contributed by atoms with van der Waals surface area (Å²) < 4.78 is 5.04. The number of carbonyl (C=O) groups is 2. The lowest BCUT2D eigenvalue weighted by atomic mass is 10.0. The molecule has 0 amide bonds. The van der Waals surface area contributed by atoms with Gasteiger partial charge in [-0.25, -0.2) is 0 Å². The predicted octanol–water partition coefficient (Wildman–Crippen LogP) is 2.36. The van der Waals surface area contributed by atoms with Crippen LogP contribution in [0.2, 0.25) is 0 Å². The van der Waals surface area contributed by atoms with Gasteiger partial charge in [0.05, 0.1) is 19.6 Å². The molecular formula is C16H23NO4. The van der Waals surface area contributed by atoms with Gasteiger partial charge < -0.3 is 15.2 Å². The van der Waals surface area contributed by atoms with Crippen molar-refractivity contribution in [3.63, 3.8) is 0 Å². The Kier molecular flexibility index (Phi) is 6.88. The van der Waals surface area contributed by atoms with Crippen molar-refractivity contribution in [2.75, 3.05) is 13.7 Å². The molecule has 0 aliphatic heterocycles. The van der Waals surface area contributed by atoms with E-state index in [1.165, 1.54) is 0 Å². The first kappa shape index (κ1) is 17.2. The van der Waals surface area contributed by atoms with E-state index in [-0.39, 0.29) is 12.2 Å². The number of Topliss-reactive ketones (excluding diaryl/α,β-unsaturated/α-hetero) is 1. The average Bonchev–Trinajstić information content (AvgIpc) is 2.45. The first-order valence-electron chi connectivity index (χ1n) is 7.07. The van der Waals surface area contributed by atoms with E-state index in [0.29, 0.717) is 23.8 Å². The Hall–Kier alpha value is -1.88. The third-order valence-electron chi connectivity index (χ3n) is 3.18. The quantitative estimate of drug-likeness (QED) is 0.684. The van der Waals surface area contributed by atoms with Crippen LogP contribution >= 0.6 is 0 Å². The summed E-state index contributed by atoms with van der Waals surface area (Å²) in [5.74, 6) is -0.0316. The topological polar surface area (TPSA) is 75.6 Å². The Morgan fingerprint density at radius 1 is 1.24 bits per heavy atom. The van der Waals surface area contributed by atoms with Crippen molar-refractivity contribution in [2.45, 2.75) is 32.7 Å². The fourth-order valence-electron chi connectivity index (χ4n) is 1.93. The van der Waals surface area contributed by atoms with Gasteiger partial charge >= 0.3 is 5.97 Å². The van der Waals surface area contributed by atoms with E-state index in [1.54, 1.807) is 31.4 Å². The van der Waals surface area contributed by atoms with E-state index in [4.69, 9.17) is 9.84 Å². The van der Waals surface area contributed by atoms with Crippen LogP contribution in [0.3, 0.4) is 0 Å². The van der Waals surface area contributed by atoms with Crippen LogP contribution in [0.5, 0.6) is 5.75 Å². The van der Waals surface area contributed by atoms with Crippen molar-refractivity contribution in [1.29, 1.82) is 0 Å². The summed E-state index contributed by atoms with van der Waals surface area (Å²) in [4.78, 5) is 23.3. The molecule has 2 N–H and O–H groups in total. The van der Waals surface area contributed by atoms with E-state index < -0.39 is 12.0 Å². The summed E-state index contributed by atoms with van der Waals surface area (Å²) in [5, 5.41) is 12.0. The van der Waals surface area contributed by atoms with E-state index in [1.807, 2.05) is 0 Å². The number of ketones is 1. The first-order valence-corrected chi connectivity index (χ1v) is 7.07. The van der Waals surface area contributed by atoms with E-state index in [0.717, 1.165) is 6.42 Å². The molecule has 0 bridgehead atoms. The maximum absolute atomic E-state index is 12.4. The molecule has 0 fully saturated rings. The summed E-state index contributed by atoms with van der Waals surface area (Å²) in [6, 6.07) is 5.99. The highest BCUT2D eigenvalue weighted by Gasteiger charge is 2.22. The Bertz CT molecular complexity index is 468.